The van der Waals surface area contributed by atoms with Gasteiger partial charge in [-0.1, -0.05) is 18.0 Å². The summed E-state index contributed by atoms with van der Waals surface area (Å²) in [6.07, 6.45) is 6.14. The van der Waals surface area contributed by atoms with Crippen LogP contribution in [0.25, 0.3) is 10.9 Å². The SMILES string of the molecule is CC(C)(C)OC(O)N1[C@@H]2CCC[C@H]1C[C@H](Nc1nc(Cl)cc3ncccc13)C2. The Kier molecular flexibility index (Phi) is 5.49. The lowest BCUT2D eigenvalue weighted by atomic mass is 9.82. The minimum absolute atomic E-state index is 0.280. The Bertz CT molecular complexity index is 827. The van der Waals surface area contributed by atoms with Crippen LogP contribution in [0.4, 0.5) is 5.82 Å². The van der Waals surface area contributed by atoms with Crippen molar-refractivity contribution in [2.45, 2.75) is 83.0 Å². The smallest absolute Gasteiger partial charge is 0.217 e. The molecular formula is C21H29ClN4O2. The van der Waals surface area contributed by atoms with E-state index in [1.165, 1.54) is 6.42 Å². The fraction of sp³-hybridized carbons (Fsp3) is 0.619. The predicted octanol–water partition coefficient (Wildman–Crippen LogP) is 4.17. The van der Waals surface area contributed by atoms with Gasteiger partial charge >= 0.3 is 0 Å². The van der Waals surface area contributed by atoms with Crippen LogP contribution in [0, 0.1) is 0 Å². The van der Waals surface area contributed by atoms with Gasteiger partial charge in [0.2, 0.25) is 6.41 Å². The van der Waals surface area contributed by atoms with Crippen molar-refractivity contribution in [3.8, 4) is 0 Å². The topological polar surface area (TPSA) is 70.5 Å². The Morgan fingerprint density at radius 2 is 2.00 bits per heavy atom. The molecule has 2 bridgehead atoms. The van der Waals surface area contributed by atoms with Crippen LogP contribution < -0.4 is 5.32 Å². The summed E-state index contributed by atoms with van der Waals surface area (Å²) in [5, 5.41) is 15.8. The minimum atomic E-state index is -0.856. The Morgan fingerprint density at radius 3 is 2.68 bits per heavy atom. The second-order valence-electron chi connectivity index (χ2n) is 8.92. The molecule has 2 aromatic heterocycles. The summed E-state index contributed by atoms with van der Waals surface area (Å²) in [6.45, 7) is 5.93. The quantitative estimate of drug-likeness (QED) is 0.588. The zero-order valence-electron chi connectivity index (χ0n) is 16.7. The van der Waals surface area contributed by atoms with Crippen LogP contribution in [0.3, 0.4) is 0 Å². The Morgan fingerprint density at radius 1 is 1.29 bits per heavy atom. The summed E-state index contributed by atoms with van der Waals surface area (Å²) in [7, 11) is 0. The maximum absolute atomic E-state index is 10.7. The van der Waals surface area contributed by atoms with Crippen LogP contribution in [0.5, 0.6) is 0 Å². The molecule has 0 aromatic carbocycles. The molecule has 7 heteroatoms. The number of pyridine rings is 2. The van der Waals surface area contributed by atoms with Gasteiger partial charge in [0.25, 0.3) is 0 Å². The van der Waals surface area contributed by atoms with Crippen LogP contribution >= 0.6 is 11.6 Å². The molecule has 0 aliphatic carbocycles. The van der Waals surface area contributed by atoms with E-state index in [0.717, 1.165) is 42.4 Å². The zero-order chi connectivity index (χ0) is 19.9. The van der Waals surface area contributed by atoms with E-state index >= 15 is 0 Å². The molecule has 152 valence electrons. The number of aliphatic hydroxyl groups excluding tert-OH is 1. The first kappa shape index (κ1) is 19.8. The Labute approximate surface area is 171 Å². The van der Waals surface area contributed by atoms with Crippen molar-refractivity contribution in [2.75, 3.05) is 5.32 Å². The lowest BCUT2D eigenvalue weighted by Gasteiger charge is -2.51. The third-order valence-corrected chi connectivity index (χ3v) is 5.85. The number of piperidine rings is 2. The second kappa shape index (κ2) is 7.75. The van der Waals surface area contributed by atoms with Crippen LogP contribution in [-0.4, -0.2) is 50.1 Å². The van der Waals surface area contributed by atoms with E-state index < -0.39 is 6.41 Å². The van der Waals surface area contributed by atoms with Crippen molar-refractivity contribution >= 4 is 28.3 Å². The maximum Gasteiger partial charge on any atom is 0.217 e. The predicted molar refractivity (Wildman–Crippen MR) is 111 cm³/mol. The number of hydrogen-bond acceptors (Lipinski definition) is 6. The number of rotatable bonds is 4. The molecule has 2 aliphatic rings. The summed E-state index contributed by atoms with van der Waals surface area (Å²) in [5.74, 6) is 0.790. The average molecular weight is 405 g/mol. The van der Waals surface area contributed by atoms with Gasteiger partial charge in [0, 0.05) is 35.8 Å². The molecule has 0 radical (unpaired) electrons. The number of halogens is 1. The molecule has 2 saturated heterocycles. The number of ether oxygens (including phenoxy) is 1. The summed E-state index contributed by atoms with van der Waals surface area (Å²) in [4.78, 5) is 11.1. The van der Waals surface area contributed by atoms with E-state index in [1.54, 1.807) is 12.3 Å². The van der Waals surface area contributed by atoms with Gasteiger partial charge in [0.05, 0.1) is 11.1 Å². The van der Waals surface area contributed by atoms with E-state index in [1.807, 2.05) is 32.9 Å². The van der Waals surface area contributed by atoms with E-state index in [9.17, 15) is 5.11 Å². The normalized spacial score (nSPS) is 27.0. The van der Waals surface area contributed by atoms with Gasteiger partial charge in [-0.25, -0.2) is 9.88 Å². The summed E-state index contributed by atoms with van der Waals surface area (Å²) >= 11 is 6.21. The lowest BCUT2D eigenvalue weighted by molar-refractivity contribution is -0.270. The number of fused-ring (bicyclic) bond motifs is 3. The molecule has 4 atom stereocenters. The van der Waals surface area contributed by atoms with Crippen LogP contribution in [0.15, 0.2) is 24.4 Å². The maximum atomic E-state index is 10.7. The highest BCUT2D eigenvalue weighted by atomic mass is 35.5. The standard InChI is InChI=1S/C21H29ClN4O2/c1-21(2,3)28-20(27)26-14-6-4-7-15(26)11-13(10-14)24-19-16-8-5-9-23-17(16)12-18(22)25-19/h5,8-9,12-15,20,27H,4,6-7,10-11H2,1-3H3,(H,24,25)/t13-,14-,15+,20?. The molecule has 0 amide bonds. The van der Waals surface area contributed by atoms with Gasteiger partial charge in [-0.15, -0.1) is 0 Å². The third kappa shape index (κ3) is 4.25. The number of nitrogens with zero attached hydrogens (tertiary/aromatic N) is 3. The van der Waals surface area contributed by atoms with Crippen molar-refractivity contribution in [1.29, 1.82) is 0 Å². The van der Waals surface area contributed by atoms with Gasteiger partial charge in [-0.05, 0) is 58.6 Å². The minimum Gasteiger partial charge on any atom is -0.367 e. The van der Waals surface area contributed by atoms with Crippen molar-refractivity contribution in [2.24, 2.45) is 0 Å². The first-order chi connectivity index (χ1) is 13.3. The van der Waals surface area contributed by atoms with E-state index in [-0.39, 0.29) is 11.6 Å². The highest BCUT2D eigenvalue weighted by molar-refractivity contribution is 6.30. The summed E-state index contributed by atoms with van der Waals surface area (Å²) in [5.41, 5.74) is 0.469. The van der Waals surface area contributed by atoms with Crippen LogP contribution in [-0.2, 0) is 4.74 Å². The van der Waals surface area contributed by atoms with Gasteiger partial charge in [-0.3, -0.25) is 4.98 Å². The van der Waals surface area contributed by atoms with Crippen molar-refractivity contribution in [3.05, 3.63) is 29.5 Å². The average Bonchev–Trinajstić information content (AvgIpc) is 2.59. The monoisotopic (exact) mass is 404 g/mol. The molecule has 2 aliphatic heterocycles. The van der Waals surface area contributed by atoms with Crippen LogP contribution in [0.2, 0.25) is 5.15 Å². The van der Waals surface area contributed by atoms with Gasteiger partial charge in [0.15, 0.2) is 0 Å². The van der Waals surface area contributed by atoms with Crippen molar-refractivity contribution in [1.82, 2.24) is 14.9 Å². The fourth-order valence-electron chi connectivity index (χ4n) is 4.62. The summed E-state index contributed by atoms with van der Waals surface area (Å²) in [6, 6.07) is 6.60. The van der Waals surface area contributed by atoms with E-state index in [0.29, 0.717) is 17.2 Å². The molecule has 0 spiro atoms. The molecule has 6 nitrogen and oxygen atoms in total. The van der Waals surface area contributed by atoms with Crippen LogP contribution in [0.1, 0.15) is 52.9 Å². The van der Waals surface area contributed by atoms with E-state index in [4.69, 9.17) is 16.3 Å². The number of aromatic nitrogens is 2. The molecule has 2 N–H and O–H groups in total. The van der Waals surface area contributed by atoms with Gasteiger partial charge in [0.1, 0.15) is 11.0 Å². The molecule has 2 aromatic rings. The second-order valence-corrected chi connectivity index (χ2v) is 9.31. The molecule has 4 heterocycles. The molecule has 0 saturated carbocycles. The number of nitrogens with one attached hydrogen (secondary N) is 1. The lowest BCUT2D eigenvalue weighted by Crippen LogP contribution is -2.60. The van der Waals surface area contributed by atoms with Gasteiger partial charge < -0.3 is 15.2 Å². The first-order valence-corrected chi connectivity index (χ1v) is 10.5. The largest absolute Gasteiger partial charge is 0.367 e. The Balaban J connectivity index is 1.52. The van der Waals surface area contributed by atoms with Crippen molar-refractivity contribution < 1.29 is 9.84 Å². The Hall–Kier alpha value is -1.47. The van der Waals surface area contributed by atoms with E-state index in [2.05, 4.69) is 20.2 Å². The molecule has 4 rings (SSSR count). The highest BCUT2D eigenvalue weighted by Gasteiger charge is 2.42. The number of anilines is 1. The summed E-state index contributed by atoms with van der Waals surface area (Å²) < 4.78 is 5.86. The molecular weight excluding hydrogens is 376 g/mol. The highest BCUT2D eigenvalue weighted by Crippen LogP contribution is 2.37. The fourth-order valence-corrected chi connectivity index (χ4v) is 4.81. The number of aliphatic hydroxyl groups is 1. The third-order valence-electron chi connectivity index (χ3n) is 5.65. The molecule has 28 heavy (non-hydrogen) atoms. The zero-order valence-corrected chi connectivity index (χ0v) is 17.5. The van der Waals surface area contributed by atoms with Gasteiger partial charge in [-0.2, -0.15) is 0 Å². The first-order valence-electron chi connectivity index (χ1n) is 10.1. The van der Waals surface area contributed by atoms with Crippen molar-refractivity contribution in [3.63, 3.8) is 0 Å². The molecule has 2 fully saturated rings. The number of hydrogen-bond donors (Lipinski definition) is 2. The molecule has 1 unspecified atom stereocenters.